The summed E-state index contributed by atoms with van der Waals surface area (Å²) < 4.78 is 51.5. The number of aliphatic hydroxyl groups excluding tert-OH is 4. The third kappa shape index (κ3) is 7.60. The van der Waals surface area contributed by atoms with Crippen molar-refractivity contribution in [3.05, 3.63) is 42.7 Å². The SMILES string of the molecule is NC(=O)c1ccc[n+](C2OC(COP(=O)([O-])OP(=O)(O)OCC3OC(n4cnc5c(N)ncnc54)C(O)C3O)C(O)C2O)c1.[Li]. The van der Waals surface area contributed by atoms with Crippen LogP contribution in [0.3, 0.4) is 0 Å². The van der Waals surface area contributed by atoms with E-state index >= 15 is 0 Å². The number of phosphoric ester groups is 2. The first-order valence-corrected chi connectivity index (χ1v) is 15.5. The molecule has 10 unspecified atom stereocenters. The standard InChI is InChI=1S/C21H27N7O14P2.Li/c22-17-12-19(25-7-24-17)28(8-26-12)21-16(32)14(30)11(41-21)6-39-44(36,37)42-43(34,35)38-5-10-13(29)15(31)20(40-10)27-3-1-2-9(4-27)18(23)33;/h1-4,7-8,10-11,13-16,20-21,29-32H,5-6H2,(H5-,22,23,24,25,33,34,35,36,37);. The van der Waals surface area contributed by atoms with E-state index in [1.165, 1.54) is 40.0 Å². The number of ether oxygens (including phenoxy) is 2. The molecule has 9 N–H and O–H groups in total. The number of primary amides is 1. The summed E-state index contributed by atoms with van der Waals surface area (Å²) in [4.78, 5) is 45.5. The molecule has 5 heterocycles. The van der Waals surface area contributed by atoms with Gasteiger partial charge in [0.1, 0.15) is 47.9 Å². The van der Waals surface area contributed by atoms with Crippen molar-refractivity contribution in [3.63, 3.8) is 0 Å². The first-order valence-electron chi connectivity index (χ1n) is 12.6. The summed E-state index contributed by atoms with van der Waals surface area (Å²) in [6.07, 6.45) is -7.05. The molecule has 0 bridgehead atoms. The molecular formula is C21H27LiN7O14P2. The molecule has 2 saturated heterocycles. The van der Waals surface area contributed by atoms with Crippen LogP contribution in [-0.2, 0) is 32.0 Å². The van der Waals surface area contributed by atoms with Crippen molar-refractivity contribution in [2.75, 3.05) is 18.9 Å². The number of anilines is 1. The van der Waals surface area contributed by atoms with Gasteiger partial charge in [-0.15, -0.1) is 0 Å². The van der Waals surface area contributed by atoms with Gasteiger partial charge in [-0.2, -0.15) is 4.57 Å². The fourth-order valence-electron chi connectivity index (χ4n) is 4.57. The Labute approximate surface area is 264 Å². The smallest absolute Gasteiger partial charge is 0.478 e. The number of nitrogens with zero attached hydrogens (tertiary/aromatic N) is 5. The second-order valence-electron chi connectivity index (χ2n) is 9.67. The van der Waals surface area contributed by atoms with Crippen LogP contribution in [-0.4, -0.2) is 119 Å². The summed E-state index contributed by atoms with van der Waals surface area (Å²) in [5, 5.41) is 41.6. The molecule has 24 heteroatoms. The first-order chi connectivity index (χ1) is 20.7. The molecule has 21 nitrogen and oxygen atoms in total. The Kier molecular flexibility index (Phi) is 10.8. The zero-order valence-corrected chi connectivity index (χ0v) is 25.0. The summed E-state index contributed by atoms with van der Waals surface area (Å²) in [6, 6.07) is 2.82. The van der Waals surface area contributed by atoms with Crippen molar-refractivity contribution in [2.24, 2.45) is 5.73 Å². The van der Waals surface area contributed by atoms with Crippen molar-refractivity contribution in [3.8, 4) is 0 Å². The molecule has 0 saturated carbocycles. The molecule has 2 aliphatic heterocycles. The summed E-state index contributed by atoms with van der Waals surface area (Å²) in [5.41, 5.74) is 11.4. The summed E-state index contributed by atoms with van der Waals surface area (Å²) in [5.74, 6) is -0.729. The Bertz CT molecular complexity index is 1640. The molecular weight excluding hydrogens is 643 g/mol. The predicted molar refractivity (Wildman–Crippen MR) is 143 cm³/mol. The van der Waals surface area contributed by atoms with E-state index in [-0.39, 0.29) is 41.4 Å². The molecule has 10 atom stereocenters. The molecule has 0 aliphatic carbocycles. The third-order valence-electron chi connectivity index (χ3n) is 6.74. The zero-order chi connectivity index (χ0) is 32.0. The number of nitrogens with two attached hydrogens (primary N) is 2. The molecule has 0 spiro atoms. The minimum absolute atomic E-state index is 0. The monoisotopic (exact) mass is 670 g/mol. The topological polar surface area (TPSA) is 321 Å². The molecule has 3 aromatic heterocycles. The molecule has 1 amide bonds. The molecule has 2 fully saturated rings. The number of aliphatic hydroxyl groups is 4. The van der Waals surface area contributed by atoms with Crippen LogP contribution in [0.1, 0.15) is 22.8 Å². The summed E-state index contributed by atoms with van der Waals surface area (Å²) in [7, 11) is -11.0. The van der Waals surface area contributed by atoms with E-state index in [1.54, 1.807) is 0 Å². The minimum atomic E-state index is -5.62. The Balaban J connectivity index is 0.00000461. The van der Waals surface area contributed by atoms with Gasteiger partial charge in [0, 0.05) is 24.9 Å². The van der Waals surface area contributed by atoms with Gasteiger partial charge in [-0.25, -0.2) is 23.8 Å². The maximum atomic E-state index is 12.4. The molecule has 45 heavy (non-hydrogen) atoms. The van der Waals surface area contributed by atoms with Gasteiger partial charge < -0.3 is 55.7 Å². The van der Waals surface area contributed by atoms with E-state index in [2.05, 4.69) is 28.3 Å². The number of pyridine rings is 1. The summed E-state index contributed by atoms with van der Waals surface area (Å²) in [6.45, 7) is -1.89. The van der Waals surface area contributed by atoms with Gasteiger partial charge in [0.25, 0.3) is 20.0 Å². The largest absolute Gasteiger partial charge is 0.756 e. The Morgan fingerprint density at radius 1 is 1.04 bits per heavy atom. The number of rotatable bonds is 11. The van der Waals surface area contributed by atoms with Crippen molar-refractivity contribution in [1.82, 2.24) is 19.5 Å². The van der Waals surface area contributed by atoms with E-state index in [4.69, 9.17) is 20.9 Å². The maximum absolute atomic E-state index is 12.4. The summed E-state index contributed by atoms with van der Waals surface area (Å²) >= 11 is 0. The predicted octanol–water partition coefficient (Wildman–Crippen LogP) is -4.03. The molecule has 0 aromatic carbocycles. The number of imidazole rings is 1. The van der Waals surface area contributed by atoms with E-state index < -0.39 is 83.8 Å². The van der Waals surface area contributed by atoms with Crippen LogP contribution < -0.4 is 20.9 Å². The fourth-order valence-corrected chi connectivity index (χ4v) is 6.62. The quantitative estimate of drug-likeness (QED) is 0.0580. The van der Waals surface area contributed by atoms with Crippen LogP contribution in [0.4, 0.5) is 5.82 Å². The Morgan fingerprint density at radius 3 is 2.42 bits per heavy atom. The first kappa shape index (κ1) is 35.4. The number of phosphoric acid groups is 2. The van der Waals surface area contributed by atoms with Gasteiger partial charge in [0.15, 0.2) is 36.2 Å². The number of amides is 1. The Morgan fingerprint density at radius 2 is 1.71 bits per heavy atom. The number of carbonyl (C=O) groups is 1. The van der Waals surface area contributed by atoms with Crippen LogP contribution in [0.15, 0.2) is 37.2 Å². The Hall–Kier alpha value is -2.41. The number of fused-ring (bicyclic) bond motifs is 1. The van der Waals surface area contributed by atoms with Crippen molar-refractivity contribution in [2.45, 2.75) is 49.1 Å². The molecule has 2 aliphatic rings. The maximum Gasteiger partial charge on any atom is 0.478 e. The van der Waals surface area contributed by atoms with Crippen LogP contribution in [0.2, 0.25) is 0 Å². The van der Waals surface area contributed by atoms with Crippen molar-refractivity contribution < 1.29 is 71.5 Å². The van der Waals surface area contributed by atoms with Gasteiger partial charge in [-0.3, -0.25) is 18.5 Å². The van der Waals surface area contributed by atoms with Gasteiger partial charge >= 0.3 is 7.82 Å². The average Bonchev–Trinajstić information content (AvgIpc) is 3.61. The average molecular weight is 670 g/mol. The van der Waals surface area contributed by atoms with Gasteiger partial charge in [-0.05, 0) is 6.07 Å². The van der Waals surface area contributed by atoms with E-state index in [9.17, 15) is 44.1 Å². The molecule has 241 valence electrons. The second-order valence-corrected chi connectivity index (χ2v) is 12.7. The fraction of sp³-hybridized carbons (Fsp3) is 0.476. The van der Waals surface area contributed by atoms with Crippen LogP contribution in [0.25, 0.3) is 11.2 Å². The van der Waals surface area contributed by atoms with E-state index in [1.807, 2.05) is 0 Å². The molecule has 1 radical (unpaired) electrons. The van der Waals surface area contributed by atoms with Gasteiger partial charge in [-0.1, -0.05) is 0 Å². The number of aromatic nitrogens is 5. The van der Waals surface area contributed by atoms with Crippen LogP contribution >= 0.6 is 15.6 Å². The number of hydrogen-bond acceptors (Lipinski definition) is 17. The second kappa shape index (κ2) is 13.7. The van der Waals surface area contributed by atoms with Crippen molar-refractivity contribution in [1.29, 1.82) is 0 Å². The molecule has 5 rings (SSSR count). The van der Waals surface area contributed by atoms with Crippen molar-refractivity contribution >= 4 is 57.4 Å². The normalized spacial score (nSPS) is 30.9. The zero-order valence-electron chi connectivity index (χ0n) is 23.2. The number of nitrogen functional groups attached to an aromatic ring is 1. The third-order valence-corrected chi connectivity index (χ3v) is 9.30. The minimum Gasteiger partial charge on any atom is -0.756 e. The van der Waals surface area contributed by atoms with Gasteiger partial charge in [0.2, 0.25) is 0 Å². The van der Waals surface area contributed by atoms with Crippen LogP contribution in [0, 0.1) is 0 Å². The number of carbonyl (C=O) groups excluding carboxylic acids is 1. The van der Waals surface area contributed by atoms with E-state index in [0.29, 0.717) is 0 Å². The van der Waals surface area contributed by atoms with E-state index in [0.717, 1.165) is 6.33 Å². The molecule has 3 aromatic rings. The van der Waals surface area contributed by atoms with Gasteiger partial charge in [0.05, 0.1) is 19.5 Å². The number of hydrogen-bond donors (Lipinski definition) is 7. The van der Waals surface area contributed by atoms with Crippen LogP contribution in [0.5, 0.6) is 0 Å².